The highest BCUT2D eigenvalue weighted by Gasteiger charge is 2.17. The van der Waals surface area contributed by atoms with Crippen molar-refractivity contribution in [3.63, 3.8) is 0 Å². The summed E-state index contributed by atoms with van der Waals surface area (Å²) in [5.41, 5.74) is 5.65. The average molecular weight is 257 g/mol. The number of likely N-dealkylation sites (N-methyl/N-ethyl adjacent to an activating group) is 1. The molecule has 18 heavy (non-hydrogen) atoms. The van der Waals surface area contributed by atoms with Crippen LogP contribution in [0, 0.1) is 0 Å². The summed E-state index contributed by atoms with van der Waals surface area (Å²) in [6, 6.07) is 0.126. The zero-order chi connectivity index (χ0) is 14.1. The van der Waals surface area contributed by atoms with E-state index in [4.69, 9.17) is 5.73 Å². The van der Waals surface area contributed by atoms with Gasteiger partial charge in [-0.15, -0.1) is 0 Å². The molecule has 0 aliphatic rings. The fourth-order valence-electron chi connectivity index (χ4n) is 1.60. The van der Waals surface area contributed by atoms with Gasteiger partial charge in [0.05, 0.1) is 6.54 Å². The van der Waals surface area contributed by atoms with Gasteiger partial charge in [0.25, 0.3) is 0 Å². The third-order valence-electron chi connectivity index (χ3n) is 2.72. The van der Waals surface area contributed by atoms with Gasteiger partial charge >= 0.3 is 0 Å². The van der Waals surface area contributed by atoms with Crippen molar-refractivity contribution in [1.82, 2.24) is 9.80 Å². The van der Waals surface area contributed by atoms with E-state index in [9.17, 15) is 9.59 Å². The Balaban J connectivity index is 4.22. The SMILES string of the molecule is CCCN(CC(=O)N(C)C)C(=O)CCCC(C)N. The third kappa shape index (κ3) is 7.27. The first-order valence-corrected chi connectivity index (χ1v) is 6.62. The van der Waals surface area contributed by atoms with Crippen LogP contribution in [0.2, 0.25) is 0 Å². The molecule has 0 heterocycles. The molecule has 0 aromatic carbocycles. The maximum atomic E-state index is 12.0. The normalized spacial score (nSPS) is 12.1. The quantitative estimate of drug-likeness (QED) is 0.700. The lowest BCUT2D eigenvalue weighted by Gasteiger charge is -2.23. The minimum absolute atomic E-state index is 0.0380. The van der Waals surface area contributed by atoms with Crippen molar-refractivity contribution in [2.45, 2.75) is 45.6 Å². The fourth-order valence-corrected chi connectivity index (χ4v) is 1.60. The first kappa shape index (κ1) is 16.9. The van der Waals surface area contributed by atoms with E-state index < -0.39 is 0 Å². The van der Waals surface area contributed by atoms with Gasteiger partial charge in [-0.05, 0) is 26.2 Å². The monoisotopic (exact) mass is 257 g/mol. The molecule has 0 aliphatic heterocycles. The van der Waals surface area contributed by atoms with Crippen molar-refractivity contribution in [2.24, 2.45) is 5.73 Å². The van der Waals surface area contributed by atoms with Crippen LogP contribution in [-0.4, -0.2) is 54.8 Å². The van der Waals surface area contributed by atoms with E-state index >= 15 is 0 Å². The number of carbonyl (C=O) groups excluding carboxylic acids is 2. The van der Waals surface area contributed by atoms with E-state index in [0.717, 1.165) is 19.3 Å². The van der Waals surface area contributed by atoms with Crippen molar-refractivity contribution < 1.29 is 9.59 Å². The van der Waals surface area contributed by atoms with Gasteiger partial charge in [-0.2, -0.15) is 0 Å². The van der Waals surface area contributed by atoms with Crippen molar-refractivity contribution in [3.05, 3.63) is 0 Å². The summed E-state index contributed by atoms with van der Waals surface area (Å²) in [4.78, 5) is 26.8. The summed E-state index contributed by atoms with van der Waals surface area (Å²) in [6.45, 7) is 4.75. The summed E-state index contributed by atoms with van der Waals surface area (Å²) >= 11 is 0. The highest BCUT2D eigenvalue weighted by atomic mass is 16.2. The van der Waals surface area contributed by atoms with E-state index in [2.05, 4.69) is 0 Å². The molecule has 0 radical (unpaired) electrons. The van der Waals surface area contributed by atoms with Crippen LogP contribution in [0.5, 0.6) is 0 Å². The Morgan fingerprint density at radius 2 is 1.83 bits per heavy atom. The van der Waals surface area contributed by atoms with Crippen LogP contribution in [-0.2, 0) is 9.59 Å². The minimum atomic E-state index is -0.0380. The molecule has 1 unspecified atom stereocenters. The lowest BCUT2D eigenvalue weighted by molar-refractivity contribution is -0.139. The van der Waals surface area contributed by atoms with Gasteiger partial charge in [-0.25, -0.2) is 0 Å². The first-order chi connectivity index (χ1) is 8.38. The van der Waals surface area contributed by atoms with Crippen molar-refractivity contribution in [2.75, 3.05) is 27.2 Å². The number of carbonyl (C=O) groups is 2. The molecule has 0 saturated carbocycles. The van der Waals surface area contributed by atoms with Gasteiger partial charge in [0.1, 0.15) is 0 Å². The lowest BCUT2D eigenvalue weighted by atomic mass is 10.1. The fraction of sp³-hybridized carbons (Fsp3) is 0.846. The van der Waals surface area contributed by atoms with Gasteiger partial charge in [-0.3, -0.25) is 9.59 Å². The molecule has 106 valence electrons. The van der Waals surface area contributed by atoms with Crippen molar-refractivity contribution >= 4 is 11.8 Å². The van der Waals surface area contributed by atoms with Crippen LogP contribution in [0.1, 0.15) is 39.5 Å². The van der Waals surface area contributed by atoms with Crippen LogP contribution in [0.4, 0.5) is 0 Å². The molecule has 0 spiro atoms. The molecule has 0 aliphatic carbocycles. The Kier molecular flexibility index (Phi) is 8.37. The predicted molar refractivity (Wildman–Crippen MR) is 73.1 cm³/mol. The average Bonchev–Trinajstić information content (AvgIpc) is 2.27. The summed E-state index contributed by atoms with van der Waals surface area (Å²) in [5.74, 6) is 0.0108. The minimum Gasteiger partial charge on any atom is -0.347 e. The van der Waals surface area contributed by atoms with Gasteiger partial charge < -0.3 is 15.5 Å². The highest BCUT2D eigenvalue weighted by molar-refractivity contribution is 5.84. The number of rotatable bonds is 8. The molecule has 5 nitrogen and oxygen atoms in total. The van der Waals surface area contributed by atoms with Gasteiger partial charge in [0.2, 0.25) is 11.8 Å². The summed E-state index contributed by atoms with van der Waals surface area (Å²) in [6.07, 6.45) is 2.96. The zero-order valence-electron chi connectivity index (χ0n) is 12.1. The molecular formula is C13H27N3O2. The van der Waals surface area contributed by atoms with Crippen LogP contribution in [0.25, 0.3) is 0 Å². The molecule has 0 rings (SSSR count). The predicted octanol–water partition coefficient (Wildman–Crippen LogP) is 0.831. The van der Waals surface area contributed by atoms with Gasteiger partial charge in [0.15, 0.2) is 0 Å². The summed E-state index contributed by atoms with van der Waals surface area (Å²) in [5, 5.41) is 0. The Bertz CT molecular complexity index is 265. The summed E-state index contributed by atoms with van der Waals surface area (Å²) in [7, 11) is 3.40. The maximum Gasteiger partial charge on any atom is 0.241 e. The van der Waals surface area contributed by atoms with E-state index in [1.807, 2.05) is 13.8 Å². The molecule has 0 bridgehead atoms. The third-order valence-corrected chi connectivity index (χ3v) is 2.72. The number of hydrogen-bond donors (Lipinski definition) is 1. The highest BCUT2D eigenvalue weighted by Crippen LogP contribution is 2.04. The Labute approximate surface area is 110 Å². The standard InChI is InChI=1S/C13H27N3O2/c1-5-9-16(10-13(18)15(3)4)12(17)8-6-7-11(2)14/h11H,5-10,14H2,1-4H3. The second kappa shape index (κ2) is 8.91. The molecule has 2 amide bonds. The molecule has 2 N–H and O–H groups in total. The number of nitrogens with two attached hydrogens (primary N) is 1. The van der Waals surface area contributed by atoms with Crippen LogP contribution in [0.3, 0.4) is 0 Å². The molecule has 0 saturated heterocycles. The van der Waals surface area contributed by atoms with Crippen LogP contribution in [0.15, 0.2) is 0 Å². The Morgan fingerprint density at radius 3 is 2.28 bits per heavy atom. The topological polar surface area (TPSA) is 66.6 Å². The van der Waals surface area contributed by atoms with Crippen LogP contribution < -0.4 is 5.73 Å². The summed E-state index contributed by atoms with van der Waals surface area (Å²) < 4.78 is 0. The largest absolute Gasteiger partial charge is 0.347 e. The van der Waals surface area contributed by atoms with E-state index in [-0.39, 0.29) is 24.4 Å². The van der Waals surface area contributed by atoms with E-state index in [1.165, 1.54) is 4.90 Å². The Morgan fingerprint density at radius 1 is 1.22 bits per heavy atom. The van der Waals surface area contributed by atoms with Crippen molar-refractivity contribution in [1.29, 1.82) is 0 Å². The van der Waals surface area contributed by atoms with E-state index in [0.29, 0.717) is 13.0 Å². The zero-order valence-corrected chi connectivity index (χ0v) is 12.1. The second-order valence-electron chi connectivity index (χ2n) is 4.97. The van der Waals surface area contributed by atoms with Gasteiger partial charge in [0, 0.05) is 33.1 Å². The Hall–Kier alpha value is -1.10. The van der Waals surface area contributed by atoms with E-state index in [1.54, 1.807) is 19.0 Å². The molecular weight excluding hydrogens is 230 g/mol. The van der Waals surface area contributed by atoms with Crippen molar-refractivity contribution in [3.8, 4) is 0 Å². The molecule has 0 aromatic heterocycles. The molecule has 1 atom stereocenters. The number of amides is 2. The number of hydrogen-bond acceptors (Lipinski definition) is 3. The first-order valence-electron chi connectivity index (χ1n) is 6.62. The smallest absolute Gasteiger partial charge is 0.241 e. The number of nitrogens with zero attached hydrogens (tertiary/aromatic N) is 2. The maximum absolute atomic E-state index is 12.0. The van der Waals surface area contributed by atoms with Gasteiger partial charge in [-0.1, -0.05) is 6.92 Å². The second-order valence-corrected chi connectivity index (χ2v) is 4.97. The lowest BCUT2D eigenvalue weighted by Crippen LogP contribution is -2.40. The molecule has 0 fully saturated rings. The molecule has 5 heteroatoms. The van der Waals surface area contributed by atoms with Crippen LogP contribution >= 0.6 is 0 Å². The molecule has 0 aromatic rings.